The monoisotopic (exact) mass is 237 g/mol. The van der Waals surface area contributed by atoms with Crippen LogP contribution in [0.4, 0.5) is 0 Å². The normalized spacial score (nSPS) is 12.1. The van der Waals surface area contributed by atoms with E-state index in [2.05, 4.69) is 64.2 Å². The van der Waals surface area contributed by atoms with E-state index in [9.17, 15) is 0 Å². The minimum absolute atomic E-state index is 0.182. The minimum Gasteiger partial charge on any atom is -0.308 e. The molecule has 0 fully saturated rings. The van der Waals surface area contributed by atoms with Crippen LogP contribution in [-0.2, 0) is 6.54 Å². The largest absolute Gasteiger partial charge is 0.308 e. The third-order valence-corrected chi connectivity index (χ3v) is 3.09. The van der Waals surface area contributed by atoms with Crippen molar-refractivity contribution >= 4 is 11.8 Å². The SMILES string of the molecule is CC(C)Sc1cccc(CNC(C)(C)C)c1. The van der Waals surface area contributed by atoms with Crippen LogP contribution in [0.5, 0.6) is 0 Å². The Morgan fingerprint density at radius 3 is 2.50 bits per heavy atom. The maximum atomic E-state index is 3.51. The fraction of sp³-hybridized carbons (Fsp3) is 0.571. The van der Waals surface area contributed by atoms with Crippen LogP contribution >= 0.6 is 11.8 Å². The lowest BCUT2D eigenvalue weighted by Gasteiger charge is -2.20. The van der Waals surface area contributed by atoms with Crippen LogP contribution in [-0.4, -0.2) is 10.8 Å². The molecule has 0 bridgehead atoms. The second kappa shape index (κ2) is 5.74. The summed E-state index contributed by atoms with van der Waals surface area (Å²) >= 11 is 1.92. The first-order valence-corrected chi connectivity index (χ1v) is 6.75. The molecule has 0 spiro atoms. The smallest absolute Gasteiger partial charge is 0.0210 e. The van der Waals surface area contributed by atoms with Crippen molar-refractivity contribution in [3.63, 3.8) is 0 Å². The molecule has 0 aliphatic carbocycles. The summed E-state index contributed by atoms with van der Waals surface area (Å²) in [6.07, 6.45) is 0. The molecule has 0 saturated carbocycles. The predicted molar refractivity (Wildman–Crippen MR) is 74.0 cm³/mol. The van der Waals surface area contributed by atoms with Crippen LogP contribution in [0.1, 0.15) is 40.2 Å². The molecular formula is C14H23NS. The van der Waals surface area contributed by atoms with Gasteiger partial charge in [0.1, 0.15) is 0 Å². The van der Waals surface area contributed by atoms with Crippen molar-refractivity contribution in [1.29, 1.82) is 0 Å². The van der Waals surface area contributed by atoms with Gasteiger partial charge in [0, 0.05) is 22.2 Å². The van der Waals surface area contributed by atoms with Gasteiger partial charge in [-0.05, 0) is 38.5 Å². The Morgan fingerprint density at radius 1 is 1.25 bits per heavy atom. The summed E-state index contributed by atoms with van der Waals surface area (Å²) in [4.78, 5) is 1.36. The Labute approximate surface area is 104 Å². The van der Waals surface area contributed by atoms with E-state index >= 15 is 0 Å². The third kappa shape index (κ3) is 5.57. The standard InChI is InChI=1S/C14H23NS/c1-11(2)16-13-8-6-7-12(9-13)10-15-14(3,4)5/h6-9,11,15H,10H2,1-5H3. The second-order valence-electron chi connectivity index (χ2n) is 5.42. The van der Waals surface area contributed by atoms with E-state index < -0.39 is 0 Å². The molecule has 16 heavy (non-hydrogen) atoms. The molecule has 0 aliphatic heterocycles. The quantitative estimate of drug-likeness (QED) is 0.792. The summed E-state index contributed by atoms with van der Waals surface area (Å²) in [6.45, 7) is 12.0. The van der Waals surface area contributed by atoms with E-state index in [1.807, 2.05) is 11.8 Å². The summed E-state index contributed by atoms with van der Waals surface area (Å²) < 4.78 is 0. The highest BCUT2D eigenvalue weighted by Gasteiger charge is 2.08. The summed E-state index contributed by atoms with van der Waals surface area (Å²) in [5.41, 5.74) is 1.54. The van der Waals surface area contributed by atoms with E-state index in [0.717, 1.165) is 6.54 Å². The average Bonchev–Trinajstić information content (AvgIpc) is 2.13. The van der Waals surface area contributed by atoms with Gasteiger partial charge in [-0.25, -0.2) is 0 Å². The van der Waals surface area contributed by atoms with Gasteiger partial charge in [0.15, 0.2) is 0 Å². The topological polar surface area (TPSA) is 12.0 Å². The highest BCUT2D eigenvalue weighted by molar-refractivity contribution is 7.99. The van der Waals surface area contributed by atoms with Gasteiger partial charge in [-0.1, -0.05) is 26.0 Å². The fourth-order valence-corrected chi connectivity index (χ4v) is 2.29. The molecule has 0 aromatic heterocycles. The zero-order valence-corrected chi connectivity index (χ0v) is 11.8. The Morgan fingerprint density at radius 2 is 1.94 bits per heavy atom. The molecule has 1 N–H and O–H groups in total. The lowest BCUT2D eigenvalue weighted by Crippen LogP contribution is -2.35. The summed E-state index contributed by atoms with van der Waals surface area (Å²) in [5, 5.41) is 4.15. The lowest BCUT2D eigenvalue weighted by atomic mass is 10.1. The summed E-state index contributed by atoms with van der Waals surface area (Å²) in [7, 11) is 0. The maximum absolute atomic E-state index is 3.51. The number of benzene rings is 1. The van der Waals surface area contributed by atoms with Crippen molar-refractivity contribution in [2.24, 2.45) is 0 Å². The summed E-state index contributed by atoms with van der Waals surface area (Å²) in [6, 6.07) is 8.79. The maximum Gasteiger partial charge on any atom is 0.0210 e. The van der Waals surface area contributed by atoms with Gasteiger partial charge in [0.05, 0.1) is 0 Å². The molecule has 0 radical (unpaired) electrons. The van der Waals surface area contributed by atoms with Gasteiger partial charge in [0.2, 0.25) is 0 Å². The van der Waals surface area contributed by atoms with Crippen molar-refractivity contribution in [1.82, 2.24) is 5.32 Å². The van der Waals surface area contributed by atoms with E-state index in [1.54, 1.807) is 0 Å². The molecule has 1 aromatic rings. The van der Waals surface area contributed by atoms with Gasteiger partial charge in [-0.2, -0.15) is 0 Å². The molecular weight excluding hydrogens is 214 g/mol. The van der Waals surface area contributed by atoms with E-state index in [0.29, 0.717) is 5.25 Å². The molecule has 1 rings (SSSR count). The van der Waals surface area contributed by atoms with Crippen LogP contribution < -0.4 is 5.32 Å². The number of thioether (sulfide) groups is 1. The molecule has 90 valence electrons. The first kappa shape index (κ1) is 13.6. The Balaban J connectivity index is 2.60. The van der Waals surface area contributed by atoms with Gasteiger partial charge in [-0.3, -0.25) is 0 Å². The number of hydrogen-bond donors (Lipinski definition) is 1. The van der Waals surface area contributed by atoms with Crippen molar-refractivity contribution in [3.05, 3.63) is 29.8 Å². The summed E-state index contributed by atoms with van der Waals surface area (Å²) in [5.74, 6) is 0. The average molecular weight is 237 g/mol. The van der Waals surface area contributed by atoms with Gasteiger partial charge in [-0.15, -0.1) is 11.8 Å². The zero-order valence-electron chi connectivity index (χ0n) is 11.0. The molecule has 0 saturated heterocycles. The second-order valence-corrected chi connectivity index (χ2v) is 7.07. The Kier molecular flexibility index (Phi) is 4.88. The first-order chi connectivity index (χ1) is 7.37. The van der Waals surface area contributed by atoms with Gasteiger partial charge in [0.25, 0.3) is 0 Å². The van der Waals surface area contributed by atoms with Gasteiger partial charge >= 0.3 is 0 Å². The van der Waals surface area contributed by atoms with E-state index in [4.69, 9.17) is 0 Å². The molecule has 1 nitrogen and oxygen atoms in total. The highest BCUT2D eigenvalue weighted by atomic mass is 32.2. The number of rotatable bonds is 4. The van der Waals surface area contributed by atoms with Crippen LogP contribution in [0.2, 0.25) is 0 Å². The van der Waals surface area contributed by atoms with Crippen molar-refractivity contribution < 1.29 is 0 Å². The Hall–Kier alpha value is -0.470. The van der Waals surface area contributed by atoms with Crippen LogP contribution in [0.15, 0.2) is 29.2 Å². The van der Waals surface area contributed by atoms with Crippen LogP contribution in [0.3, 0.4) is 0 Å². The molecule has 0 amide bonds. The first-order valence-electron chi connectivity index (χ1n) is 5.87. The molecule has 0 aliphatic rings. The molecule has 2 heteroatoms. The van der Waals surface area contributed by atoms with E-state index in [-0.39, 0.29) is 5.54 Å². The zero-order chi connectivity index (χ0) is 12.2. The highest BCUT2D eigenvalue weighted by Crippen LogP contribution is 2.23. The van der Waals surface area contributed by atoms with E-state index in [1.165, 1.54) is 10.5 Å². The lowest BCUT2D eigenvalue weighted by molar-refractivity contribution is 0.424. The molecule has 1 aromatic carbocycles. The molecule has 0 atom stereocenters. The van der Waals surface area contributed by atoms with Crippen LogP contribution in [0, 0.1) is 0 Å². The third-order valence-electron chi connectivity index (χ3n) is 2.09. The number of hydrogen-bond acceptors (Lipinski definition) is 2. The number of nitrogens with one attached hydrogen (secondary N) is 1. The van der Waals surface area contributed by atoms with Gasteiger partial charge < -0.3 is 5.32 Å². The minimum atomic E-state index is 0.182. The predicted octanol–water partition coefficient (Wildman–Crippen LogP) is 4.08. The van der Waals surface area contributed by atoms with Crippen molar-refractivity contribution in [2.75, 3.05) is 0 Å². The van der Waals surface area contributed by atoms with Crippen LogP contribution in [0.25, 0.3) is 0 Å². The molecule has 0 unspecified atom stereocenters. The van der Waals surface area contributed by atoms with Crippen molar-refractivity contribution in [3.8, 4) is 0 Å². The Bertz CT molecular complexity index is 326. The molecule has 0 heterocycles. The fourth-order valence-electron chi connectivity index (χ4n) is 1.37. The van der Waals surface area contributed by atoms with Crippen molar-refractivity contribution in [2.45, 2.75) is 56.8 Å².